The third kappa shape index (κ3) is 9.28. The second-order valence-electron chi connectivity index (χ2n) is 14.4. The van der Waals surface area contributed by atoms with Crippen LogP contribution < -0.4 is 0 Å². The number of rotatable bonds is 4. The van der Waals surface area contributed by atoms with Gasteiger partial charge >= 0.3 is 32.7 Å². The molecule has 1 nitrogen and oxygen atoms in total. The van der Waals surface area contributed by atoms with Crippen LogP contribution in [0, 0.1) is 46.6 Å². The first-order valence-electron chi connectivity index (χ1n) is 14.5. The average molecular weight is 601 g/mol. The van der Waals surface area contributed by atoms with Gasteiger partial charge in [0.05, 0.1) is 0 Å². The average Bonchev–Trinajstić information content (AvgIpc) is 3.54. The summed E-state index contributed by atoms with van der Waals surface area (Å²) in [6.45, 7) is 21.6. The van der Waals surface area contributed by atoms with E-state index in [0.717, 1.165) is 48.7 Å². The van der Waals surface area contributed by atoms with Crippen LogP contribution in [-0.2, 0) is 37.4 Å². The molecule has 0 amide bonds. The van der Waals surface area contributed by atoms with Crippen molar-refractivity contribution in [2.45, 2.75) is 91.7 Å². The number of fused-ring (bicyclic) bond motifs is 3. The number of ether oxygens (including phenoxy) is 1. The fourth-order valence-electron chi connectivity index (χ4n) is 7.77. The Hall–Kier alpha value is 0.458. The Kier molecular flexibility index (Phi) is 12.9. The predicted octanol–water partition coefficient (Wildman–Crippen LogP) is 9.29. The summed E-state index contributed by atoms with van der Waals surface area (Å²) in [5, 5.41) is 0. The number of allylic oxidation sites excluding steroid dienone is 8. The van der Waals surface area contributed by atoms with Crippen LogP contribution >= 0.6 is 0 Å². The molecule has 4 aliphatic carbocycles. The summed E-state index contributed by atoms with van der Waals surface area (Å²) in [5.74, 6) is 4.68. The maximum atomic E-state index is 4.94. The molecule has 0 bridgehead atoms. The van der Waals surface area contributed by atoms with Gasteiger partial charge in [0, 0.05) is 13.2 Å². The molecule has 2 saturated carbocycles. The van der Waals surface area contributed by atoms with Gasteiger partial charge in [-0.15, -0.1) is 16.1 Å². The Labute approximate surface area is 252 Å². The van der Waals surface area contributed by atoms with Gasteiger partial charge in [-0.2, -0.15) is 0 Å². The SMILES string of the molecule is C1CCOC1.CC(C)(C1CCCC1)C1C2C=CC=CC2C2C=CC=CC21.C[Si](C)(C)[CH-][Si](C)(C)C.[Y+3]. The standard InChI is InChI=1S/C21H28.C7H19Si2.C4H8O.Y/c1-21(2,15-9-3-4-10-15)20-18-13-7-5-11-16(18)17-12-6-8-14-19(17)20;1-8(2,3)7-9(4,5)6;1-2-4-5-3-1;/h5-8,11-20H,3-4,9-10H2,1-2H3;7H,1-6H3;1-4H2;/q;-1;;+3. The smallest absolute Gasteiger partial charge is 0.381 e. The van der Waals surface area contributed by atoms with Crippen molar-refractivity contribution in [2.24, 2.45) is 40.9 Å². The molecule has 5 aliphatic rings. The maximum absolute atomic E-state index is 4.94. The van der Waals surface area contributed by atoms with Crippen LogP contribution in [0.1, 0.15) is 52.4 Å². The van der Waals surface area contributed by atoms with E-state index in [1.54, 1.807) is 0 Å². The Morgan fingerprint density at radius 2 is 1.03 bits per heavy atom. The number of hydrogen-bond donors (Lipinski definition) is 0. The van der Waals surface area contributed by atoms with Gasteiger partial charge in [-0.3, -0.25) is 0 Å². The molecule has 5 rings (SSSR count). The molecule has 4 unspecified atom stereocenters. The molecule has 1 aliphatic heterocycles. The van der Waals surface area contributed by atoms with Crippen molar-refractivity contribution in [3.05, 3.63) is 54.3 Å². The Morgan fingerprint density at radius 1 is 0.639 bits per heavy atom. The zero-order valence-electron chi connectivity index (χ0n) is 24.8. The van der Waals surface area contributed by atoms with Crippen molar-refractivity contribution in [2.75, 3.05) is 13.2 Å². The van der Waals surface area contributed by atoms with E-state index in [2.05, 4.69) is 107 Å². The molecule has 0 radical (unpaired) electrons. The molecule has 0 aromatic carbocycles. The predicted molar refractivity (Wildman–Crippen MR) is 161 cm³/mol. The summed E-state index contributed by atoms with van der Waals surface area (Å²) < 4.78 is 4.94. The summed E-state index contributed by atoms with van der Waals surface area (Å²) in [6, 6.07) is 0. The van der Waals surface area contributed by atoms with Crippen molar-refractivity contribution in [3.63, 3.8) is 0 Å². The third-order valence-corrected chi connectivity index (χ3v) is 15.6. The van der Waals surface area contributed by atoms with Gasteiger partial charge in [0.1, 0.15) is 0 Å². The summed E-state index contributed by atoms with van der Waals surface area (Å²) in [5.41, 5.74) is 3.11. The minimum absolute atomic E-state index is 0. The van der Waals surface area contributed by atoms with Gasteiger partial charge in [-0.25, -0.2) is 0 Å². The summed E-state index contributed by atoms with van der Waals surface area (Å²) in [7, 11) is -1.71. The summed E-state index contributed by atoms with van der Waals surface area (Å²) >= 11 is 0. The van der Waals surface area contributed by atoms with Gasteiger partial charge < -0.3 is 10.4 Å². The van der Waals surface area contributed by atoms with Gasteiger partial charge in [0.25, 0.3) is 0 Å². The minimum atomic E-state index is -0.856. The van der Waals surface area contributed by atoms with Crippen LogP contribution in [-0.4, -0.2) is 29.4 Å². The Morgan fingerprint density at radius 3 is 1.33 bits per heavy atom. The molecule has 0 spiro atoms. The molecule has 4 heteroatoms. The fraction of sp³-hybridized carbons (Fsp3) is 0.719. The van der Waals surface area contributed by atoms with Gasteiger partial charge in [0.2, 0.25) is 0 Å². The first-order chi connectivity index (χ1) is 16.4. The van der Waals surface area contributed by atoms with E-state index in [9.17, 15) is 0 Å². The second-order valence-corrected chi connectivity index (χ2v) is 25.0. The maximum Gasteiger partial charge on any atom is 3.00 e. The quantitative estimate of drug-likeness (QED) is 0.231. The molecule has 1 saturated heterocycles. The molecule has 198 valence electrons. The van der Waals surface area contributed by atoms with Crippen LogP contribution in [0.15, 0.2) is 48.6 Å². The Bertz CT molecular complexity index is 719. The van der Waals surface area contributed by atoms with Crippen LogP contribution in [0.2, 0.25) is 39.3 Å². The molecule has 0 N–H and O–H groups in total. The third-order valence-electron chi connectivity index (χ3n) is 8.68. The monoisotopic (exact) mass is 600 g/mol. The van der Waals surface area contributed by atoms with Gasteiger partial charge in [-0.1, -0.05) is 115 Å². The molecule has 0 aromatic rings. The van der Waals surface area contributed by atoms with E-state index in [-0.39, 0.29) is 32.7 Å². The normalized spacial score (nSPS) is 31.1. The van der Waals surface area contributed by atoms with Crippen molar-refractivity contribution >= 4 is 16.1 Å². The molecular weight excluding hydrogens is 545 g/mol. The van der Waals surface area contributed by atoms with Crippen molar-refractivity contribution in [3.8, 4) is 0 Å². The van der Waals surface area contributed by atoms with E-state index in [4.69, 9.17) is 4.74 Å². The minimum Gasteiger partial charge on any atom is -0.381 e. The molecule has 4 atom stereocenters. The van der Waals surface area contributed by atoms with Crippen LogP contribution in [0.3, 0.4) is 0 Å². The van der Waals surface area contributed by atoms with E-state index >= 15 is 0 Å². The molecule has 1 heterocycles. The zero-order chi connectivity index (χ0) is 25.7. The van der Waals surface area contributed by atoms with Crippen molar-refractivity contribution < 1.29 is 37.4 Å². The summed E-state index contributed by atoms with van der Waals surface area (Å²) in [6.07, 6.45) is 27.5. The fourth-order valence-corrected chi connectivity index (χ4v) is 18.2. The van der Waals surface area contributed by atoms with Gasteiger partial charge in [0.15, 0.2) is 0 Å². The van der Waals surface area contributed by atoms with E-state index in [1.807, 2.05) is 0 Å². The first kappa shape index (κ1) is 32.7. The molecule has 3 fully saturated rings. The largest absolute Gasteiger partial charge is 3.00 e. The van der Waals surface area contributed by atoms with Crippen LogP contribution in [0.5, 0.6) is 0 Å². The van der Waals surface area contributed by atoms with Gasteiger partial charge in [-0.05, 0) is 66.6 Å². The molecule has 36 heavy (non-hydrogen) atoms. The van der Waals surface area contributed by atoms with Crippen LogP contribution in [0.4, 0.5) is 0 Å². The topological polar surface area (TPSA) is 9.23 Å². The molecule has 0 aromatic heterocycles. The second kappa shape index (κ2) is 14.2. The van der Waals surface area contributed by atoms with Crippen molar-refractivity contribution in [1.29, 1.82) is 0 Å². The van der Waals surface area contributed by atoms with Crippen LogP contribution in [0.25, 0.3) is 0 Å². The van der Waals surface area contributed by atoms with Crippen molar-refractivity contribution in [1.82, 2.24) is 0 Å². The zero-order valence-corrected chi connectivity index (χ0v) is 29.6. The Balaban J connectivity index is 0.000000254. The first-order valence-corrected chi connectivity index (χ1v) is 21.7. The molecular formula is C32H55OSi2Y+2. The van der Waals surface area contributed by atoms with E-state index in [0.29, 0.717) is 5.41 Å². The van der Waals surface area contributed by atoms with E-state index in [1.165, 1.54) is 38.5 Å². The number of hydrogen-bond acceptors (Lipinski definition) is 1. The van der Waals surface area contributed by atoms with E-state index < -0.39 is 16.1 Å². The summed E-state index contributed by atoms with van der Waals surface area (Å²) in [4.78, 5) is 0.